The van der Waals surface area contributed by atoms with Crippen molar-refractivity contribution in [1.29, 1.82) is 0 Å². The number of aliphatic imine (C=N–C) groups is 1. The number of hydrogen-bond donors (Lipinski definition) is 0. The van der Waals surface area contributed by atoms with E-state index in [9.17, 15) is 4.79 Å². The molecule has 0 fully saturated rings. The number of hydrogen-bond acceptors (Lipinski definition) is 4. The minimum Gasteiger partial charge on any atom is -0.497 e. The average molecular weight is 217 g/mol. The maximum Gasteiger partial charge on any atom is 0.340 e. The molecule has 4 nitrogen and oxygen atoms in total. The summed E-state index contributed by atoms with van der Waals surface area (Å²) in [6, 6.07) is 7.18. The van der Waals surface area contributed by atoms with Crippen molar-refractivity contribution in [3.8, 4) is 5.75 Å². The zero-order valence-corrected chi connectivity index (χ0v) is 9.06. The number of ether oxygens (including phenoxy) is 2. The van der Waals surface area contributed by atoms with Gasteiger partial charge in [0.25, 0.3) is 0 Å². The van der Waals surface area contributed by atoms with Gasteiger partial charge in [0.05, 0.1) is 12.8 Å². The smallest absolute Gasteiger partial charge is 0.340 e. The Bertz CT molecular complexity index is 472. The van der Waals surface area contributed by atoms with E-state index in [1.165, 1.54) is 0 Å². The molecule has 1 aromatic carbocycles. The fourth-order valence-corrected chi connectivity index (χ4v) is 1.29. The Labute approximate surface area is 93.2 Å². The van der Waals surface area contributed by atoms with Gasteiger partial charge in [0, 0.05) is 11.6 Å². The molecule has 0 N–H and O–H groups in total. The molecule has 0 unspecified atom stereocenters. The Morgan fingerprint density at radius 1 is 1.25 bits per heavy atom. The zero-order valence-electron chi connectivity index (χ0n) is 9.06. The van der Waals surface area contributed by atoms with Gasteiger partial charge in [0.2, 0.25) is 5.90 Å². The Morgan fingerprint density at radius 3 is 2.44 bits per heavy atom. The van der Waals surface area contributed by atoms with Crippen LogP contribution in [0.4, 0.5) is 5.69 Å². The molecule has 0 aromatic heterocycles. The van der Waals surface area contributed by atoms with Crippen LogP contribution in [0, 0.1) is 0 Å². The molecule has 2 rings (SSSR count). The van der Waals surface area contributed by atoms with E-state index in [0.29, 0.717) is 11.5 Å². The summed E-state index contributed by atoms with van der Waals surface area (Å²) in [5.74, 6) is 0.749. The second kappa shape index (κ2) is 4.18. The van der Waals surface area contributed by atoms with E-state index in [1.54, 1.807) is 44.4 Å². The highest BCUT2D eigenvalue weighted by Crippen LogP contribution is 2.19. The molecular formula is C12H11NO3. The van der Waals surface area contributed by atoms with Crippen molar-refractivity contribution in [3.63, 3.8) is 0 Å². The standard InChI is InChI=1S/C12H11NO3/c1-8-7-11(16-12(8)14)13-9-3-5-10(15-2)6-4-9/h3-7H,1-2H3. The van der Waals surface area contributed by atoms with Crippen LogP contribution in [0.15, 0.2) is 40.9 Å². The van der Waals surface area contributed by atoms with Crippen molar-refractivity contribution >= 4 is 17.6 Å². The van der Waals surface area contributed by atoms with Gasteiger partial charge in [-0.1, -0.05) is 0 Å². The number of cyclic esters (lactones) is 1. The van der Waals surface area contributed by atoms with Gasteiger partial charge in [0.1, 0.15) is 5.75 Å². The third kappa shape index (κ3) is 2.11. The van der Waals surface area contributed by atoms with Crippen LogP contribution in [-0.4, -0.2) is 19.0 Å². The first-order valence-electron chi connectivity index (χ1n) is 4.82. The fourth-order valence-electron chi connectivity index (χ4n) is 1.29. The van der Waals surface area contributed by atoms with Crippen LogP contribution in [0.2, 0.25) is 0 Å². The first-order chi connectivity index (χ1) is 7.69. The minimum absolute atomic E-state index is 0.327. The second-order valence-electron chi connectivity index (χ2n) is 3.36. The number of esters is 1. The molecule has 0 bridgehead atoms. The summed E-state index contributed by atoms with van der Waals surface area (Å²) < 4.78 is 9.95. The third-order valence-corrected chi connectivity index (χ3v) is 2.17. The van der Waals surface area contributed by atoms with Gasteiger partial charge >= 0.3 is 5.97 Å². The summed E-state index contributed by atoms with van der Waals surface area (Å²) in [6.45, 7) is 1.69. The van der Waals surface area contributed by atoms with Crippen LogP contribution in [0.1, 0.15) is 6.92 Å². The summed E-state index contributed by atoms with van der Waals surface area (Å²) in [4.78, 5) is 15.3. The molecule has 1 heterocycles. The third-order valence-electron chi connectivity index (χ3n) is 2.17. The summed E-state index contributed by atoms with van der Waals surface area (Å²) >= 11 is 0. The van der Waals surface area contributed by atoms with E-state index in [1.807, 2.05) is 0 Å². The van der Waals surface area contributed by atoms with Gasteiger partial charge in [-0.25, -0.2) is 9.79 Å². The van der Waals surface area contributed by atoms with E-state index >= 15 is 0 Å². The largest absolute Gasteiger partial charge is 0.497 e. The molecule has 0 saturated heterocycles. The monoisotopic (exact) mass is 217 g/mol. The molecular weight excluding hydrogens is 206 g/mol. The van der Waals surface area contributed by atoms with E-state index in [-0.39, 0.29) is 5.97 Å². The molecule has 4 heteroatoms. The van der Waals surface area contributed by atoms with Gasteiger partial charge in [-0.15, -0.1) is 0 Å². The first-order valence-corrected chi connectivity index (χ1v) is 4.82. The Hall–Kier alpha value is -2.10. The van der Waals surface area contributed by atoms with Gasteiger partial charge in [-0.05, 0) is 31.2 Å². The van der Waals surface area contributed by atoms with E-state index in [4.69, 9.17) is 9.47 Å². The summed E-state index contributed by atoms with van der Waals surface area (Å²) in [6.07, 6.45) is 1.62. The van der Waals surface area contributed by atoms with Crippen molar-refractivity contribution in [2.24, 2.45) is 4.99 Å². The quantitative estimate of drug-likeness (QED) is 0.713. The maximum atomic E-state index is 11.1. The van der Waals surface area contributed by atoms with E-state index < -0.39 is 0 Å². The highest BCUT2D eigenvalue weighted by atomic mass is 16.5. The molecule has 1 aliphatic rings. The highest BCUT2D eigenvalue weighted by Gasteiger charge is 2.17. The number of benzene rings is 1. The van der Waals surface area contributed by atoms with Crippen LogP contribution in [0.3, 0.4) is 0 Å². The van der Waals surface area contributed by atoms with Crippen LogP contribution < -0.4 is 4.74 Å². The van der Waals surface area contributed by atoms with E-state index in [0.717, 1.165) is 11.4 Å². The molecule has 0 radical (unpaired) electrons. The van der Waals surface area contributed by atoms with Gasteiger partial charge in [-0.2, -0.15) is 0 Å². The Balaban J connectivity index is 2.21. The SMILES string of the molecule is COc1ccc(N=C2C=C(C)C(=O)O2)cc1. The molecule has 0 saturated carbocycles. The lowest BCUT2D eigenvalue weighted by Crippen LogP contribution is -2.00. The molecule has 1 aromatic rings. The molecule has 0 spiro atoms. The lowest BCUT2D eigenvalue weighted by Gasteiger charge is -1.99. The number of carbonyl (C=O) groups is 1. The molecule has 0 amide bonds. The van der Waals surface area contributed by atoms with Crippen molar-refractivity contribution in [2.75, 3.05) is 7.11 Å². The predicted octanol–water partition coefficient (Wildman–Crippen LogP) is 2.23. The Kier molecular flexibility index (Phi) is 2.72. The predicted molar refractivity (Wildman–Crippen MR) is 59.9 cm³/mol. The number of methoxy groups -OCH3 is 1. The van der Waals surface area contributed by atoms with Crippen LogP contribution in [0.25, 0.3) is 0 Å². The van der Waals surface area contributed by atoms with Crippen molar-refractivity contribution in [2.45, 2.75) is 6.92 Å². The zero-order chi connectivity index (χ0) is 11.5. The van der Waals surface area contributed by atoms with Crippen molar-refractivity contribution in [1.82, 2.24) is 0 Å². The molecule has 1 aliphatic heterocycles. The van der Waals surface area contributed by atoms with E-state index in [2.05, 4.69) is 4.99 Å². The van der Waals surface area contributed by atoms with Crippen LogP contribution >= 0.6 is 0 Å². The number of carbonyl (C=O) groups excluding carboxylic acids is 1. The second-order valence-corrected chi connectivity index (χ2v) is 3.36. The van der Waals surface area contributed by atoms with Gasteiger partial charge in [0.15, 0.2) is 0 Å². The Morgan fingerprint density at radius 2 is 1.94 bits per heavy atom. The van der Waals surface area contributed by atoms with Gasteiger partial charge < -0.3 is 9.47 Å². The summed E-state index contributed by atoms with van der Waals surface area (Å²) in [7, 11) is 1.60. The normalized spacial score (nSPS) is 17.2. The number of nitrogens with zero attached hydrogens (tertiary/aromatic N) is 1. The molecule has 0 aliphatic carbocycles. The van der Waals surface area contributed by atoms with Crippen LogP contribution in [0.5, 0.6) is 5.75 Å². The lowest BCUT2D eigenvalue weighted by molar-refractivity contribution is -0.130. The number of rotatable bonds is 2. The molecule has 16 heavy (non-hydrogen) atoms. The van der Waals surface area contributed by atoms with Crippen molar-refractivity contribution < 1.29 is 14.3 Å². The average Bonchev–Trinajstić information content (AvgIpc) is 2.59. The van der Waals surface area contributed by atoms with Crippen molar-refractivity contribution in [3.05, 3.63) is 35.9 Å². The molecule has 82 valence electrons. The summed E-state index contributed by atoms with van der Waals surface area (Å²) in [5, 5.41) is 0. The minimum atomic E-state index is -0.340. The first kappa shape index (κ1) is 10.4. The van der Waals surface area contributed by atoms with Gasteiger partial charge in [-0.3, -0.25) is 0 Å². The fraction of sp³-hybridized carbons (Fsp3) is 0.167. The van der Waals surface area contributed by atoms with Crippen LogP contribution in [-0.2, 0) is 9.53 Å². The topological polar surface area (TPSA) is 47.9 Å². The molecule has 0 atom stereocenters. The maximum absolute atomic E-state index is 11.1. The highest BCUT2D eigenvalue weighted by molar-refractivity contribution is 6.11. The summed E-state index contributed by atoms with van der Waals surface area (Å²) in [5.41, 5.74) is 1.28. The lowest BCUT2D eigenvalue weighted by atomic mass is 10.3.